The Morgan fingerprint density at radius 2 is 2.43 bits per heavy atom. The Bertz CT molecular complexity index is 548. The van der Waals surface area contributed by atoms with Gasteiger partial charge in [0.2, 0.25) is 0 Å². The molecule has 2 atom stereocenters. The molecule has 0 bridgehead atoms. The number of nitrogens with zero attached hydrogens (tertiary/aromatic N) is 3. The lowest BCUT2D eigenvalue weighted by molar-refractivity contribution is 0.190. The molecule has 5 nitrogen and oxygen atoms in total. The average molecular weight is 288 g/mol. The van der Waals surface area contributed by atoms with Crippen molar-refractivity contribution in [2.75, 3.05) is 19.6 Å². The maximum Gasteiger partial charge on any atom is 0.133 e. The molecule has 0 saturated carbocycles. The van der Waals surface area contributed by atoms with E-state index in [9.17, 15) is 0 Å². The molecule has 1 fully saturated rings. The number of hydrogen-bond donors (Lipinski definition) is 1. The number of likely N-dealkylation sites (tertiary alicyclic amines) is 1. The summed E-state index contributed by atoms with van der Waals surface area (Å²) in [5, 5.41) is 3.75. The molecule has 2 aromatic rings. The Morgan fingerprint density at radius 3 is 3.10 bits per heavy atom. The van der Waals surface area contributed by atoms with Crippen molar-refractivity contribution >= 4 is 0 Å². The molecule has 1 aliphatic rings. The van der Waals surface area contributed by atoms with E-state index in [4.69, 9.17) is 4.42 Å². The highest BCUT2D eigenvalue weighted by Crippen LogP contribution is 2.23. The zero-order chi connectivity index (χ0) is 14.7. The minimum Gasteiger partial charge on any atom is -0.467 e. The largest absolute Gasteiger partial charge is 0.467 e. The van der Waals surface area contributed by atoms with Crippen molar-refractivity contribution in [3.05, 3.63) is 42.4 Å². The first-order valence-corrected chi connectivity index (χ1v) is 7.77. The van der Waals surface area contributed by atoms with Crippen LogP contribution in [0.2, 0.25) is 0 Å². The molecule has 2 unspecified atom stereocenters. The van der Waals surface area contributed by atoms with Crippen LogP contribution in [0.25, 0.3) is 0 Å². The lowest BCUT2D eigenvalue weighted by atomic mass is 10.0. The number of aromatic nitrogens is 2. The van der Waals surface area contributed by atoms with Crippen LogP contribution in [0.4, 0.5) is 0 Å². The third kappa shape index (κ3) is 3.19. The molecule has 3 heterocycles. The molecule has 0 radical (unpaired) electrons. The van der Waals surface area contributed by atoms with E-state index in [1.807, 2.05) is 31.6 Å². The molecule has 0 spiro atoms. The molecule has 0 aliphatic carbocycles. The summed E-state index contributed by atoms with van der Waals surface area (Å²) in [5.74, 6) is 1.93. The Labute approximate surface area is 126 Å². The molecule has 3 rings (SSSR count). The Morgan fingerprint density at radius 1 is 1.52 bits per heavy atom. The van der Waals surface area contributed by atoms with Gasteiger partial charge in [-0.2, -0.15) is 0 Å². The van der Waals surface area contributed by atoms with Crippen LogP contribution in [-0.2, 0) is 7.05 Å². The minimum atomic E-state index is 0.0156. The standard InChI is InChI=1S/C16H24N4O/c1-3-20-9-4-6-13(12-20)18-15(14-7-5-11-21-14)16-17-8-10-19(16)2/h5,7-8,10-11,13,15,18H,3-4,6,9,12H2,1-2H3. The lowest BCUT2D eigenvalue weighted by Crippen LogP contribution is -2.47. The van der Waals surface area contributed by atoms with Crippen molar-refractivity contribution in [3.63, 3.8) is 0 Å². The summed E-state index contributed by atoms with van der Waals surface area (Å²) in [5.41, 5.74) is 0. The number of rotatable bonds is 5. The van der Waals surface area contributed by atoms with Crippen LogP contribution in [0.15, 0.2) is 35.2 Å². The van der Waals surface area contributed by atoms with Gasteiger partial charge >= 0.3 is 0 Å². The van der Waals surface area contributed by atoms with Crippen LogP contribution >= 0.6 is 0 Å². The molecule has 5 heteroatoms. The van der Waals surface area contributed by atoms with Gasteiger partial charge in [-0.3, -0.25) is 5.32 Å². The number of aryl methyl sites for hydroxylation is 1. The average Bonchev–Trinajstić information content (AvgIpc) is 3.17. The summed E-state index contributed by atoms with van der Waals surface area (Å²) in [4.78, 5) is 7.00. The second-order valence-corrected chi connectivity index (χ2v) is 5.74. The summed E-state index contributed by atoms with van der Waals surface area (Å²) in [7, 11) is 2.03. The molecule has 114 valence electrons. The second kappa shape index (κ2) is 6.45. The predicted molar refractivity (Wildman–Crippen MR) is 82.0 cm³/mol. The summed E-state index contributed by atoms with van der Waals surface area (Å²) < 4.78 is 7.70. The first-order valence-electron chi connectivity index (χ1n) is 7.77. The molecule has 0 aromatic carbocycles. The van der Waals surface area contributed by atoms with Crippen molar-refractivity contribution in [1.82, 2.24) is 19.8 Å². The second-order valence-electron chi connectivity index (χ2n) is 5.74. The van der Waals surface area contributed by atoms with E-state index in [1.165, 1.54) is 19.4 Å². The molecule has 0 amide bonds. The highest BCUT2D eigenvalue weighted by molar-refractivity contribution is 5.16. The number of furan rings is 1. The van der Waals surface area contributed by atoms with Gasteiger partial charge in [0.25, 0.3) is 0 Å². The maximum atomic E-state index is 5.64. The quantitative estimate of drug-likeness (QED) is 0.916. The topological polar surface area (TPSA) is 46.2 Å². The summed E-state index contributed by atoms with van der Waals surface area (Å²) in [6.45, 7) is 5.65. The number of nitrogens with one attached hydrogen (secondary N) is 1. The van der Waals surface area contributed by atoms with Crippen molar-refractivity contribution in [2.45, 2.75) is 31.8 Å². The maximum absolute atomic E-state index is 5.64. The van der Waals surface area contributed by atoms with Crippen LogP contribution < -0.4 is 5.32 Å². The monoisotopic (exact) mass is 288 g/mol. The summed E-state index contributed by atoms with van der Waals surface area (Å²) >= 11 is 0. The van der Waals surface area contributed by atoms with Gasteiger partial charge in [0.05, 0.1) is 6.26 Å². The Hall–Kier alpha value is -1.59. The smallest absolute Gasteiger partial charge is 0.133 e. The van der Waals surface area contributed by atoms with Crippen molar-refractivity contribution in [2.24, 2.45) is 7.05 Å². The fourth-order valence-electron chi connectivity index (χ4n) is 3.11. The van der Waals surface area contributed by atoms with E-state index in [1.54, 1.807) is 6.26 Å². The highest BCUT2D eigenvalue weighted by Gasteiger charge is 2.26. The first kappa shape index (κ1) is 14.4. The SMILES string of the molecule is CCN1CCCC(NC(c2ccco2)c2nccn2C)C1. The summed E-state index contributed by atoms with van der Waals surface area (Å²) in [6, 6.07) is 4.45. The zero-order valence-electron chi connectivity index (χ0n) is 12.8. The zero-order valence-corrected chi connectivity index (χ0v) is 12.8. The van der Waals surface area contributed by atoms with Gasteiger partial charge in [-0.25, -0.2) is 4.98 Å². The van der Waals surface area contributed by atoms with Crippen LogP contribution in [0.5, 0.6) is 0 Å². The van der Waals surface area contributed by atoms with Gasteiger partial charge < -0.3 is 13.9 Å². The molecular formula is C16H24N4O. The Kier molecular flexibility index (Phi) is 4.41. The van der Waals surface area contributed by atoms with Crippen LogP contribution in [0.1, 0.15) is 37.4 Å². The van der Waals surface area contributed by atoms with Gasteiger partial charge in [-0.1, -0.05) is 6.92 Å². The van der Waals surface area contributed by atoms with Gasteiger partial charge in [0.15, 0.2) is 0 Å². The van der Waals surface area contributed by atoms with Crippen LogP contribution in [0.3, 0.4) is 0 Å². The third-order valence-electron chi connectivity index (χ3n) is 4.30. The van der Waals surface area contributed by atoms with Gasteiger partial charge in [0, 0.05) is 32.0 Å². The van der Waals surface area contributed by atoms with Crippen LogP contribution in [0, 0.1) is 0 Å². The number of imidazole rings is 1. The van der Waals surface area contributed by atoms with Gasteiger partial charge in [-0.05, 0) is 38.1 Å². The first-order chi connectivity index (χ1) is 10.3. The van der Waals surface area contributed by atoms with E-state index in [-0.39, 0.29) is 6.04 Å². The fourth-order valence-corrected chi connectivity index (χ4v) is 3.11. The van der Waals surface area contributed by atoms with E-state index in [0.717, 1.165) is 24.7 Å². The number of piperidine rings is 1. The van der Waals surface area contributed by atoms with Crippen molar-refractivity contribution in [1.29, 1.82) is 0 Å². The normalized spacial score (nSPS) is 21.5. The molecule has 1 saturated heterocycles. The van der Waals surface area contributed by atoms with Crippen molar-refractivity contribution < 1.29 is 4.42 Å². The third-order valence-corrected chi connectivity index (χ3v) is 4.30. The van der Waals surface area contributed by atoms with Crippen LogP contribution in [-0.4, -0.2) is 40.1 Å². The Balaban J connectivity index is 1.79. The summed E-state index contributed by atoms with van der Waals surface area (Å²) in [6.07, 6.45) is 8.00. The highest BCUT2D eigenvalue weighted by atomic mass is 16.3. The van der Waals surface area contributed by atoms with E-state index in [0.29, 0.717) is 6.04 Å². The lowest BCUT2D eigenvalue weighted by Gasteiger charge is -2.34. The molecule has 2 aromatic heterocycles. The van der Waals surface area contributed by atoms with Gasteiger partial charge in [-0.15, -0.1) is 0 Å². The van der Waals surface area contributed by atoms with E-state index in [2.05, 4.69) is 26.7 Å². The molecule has 1 aliphatic heterocycles. The number of hydrogen-bond acceptors (Lipinski definition) is 4. The molecule has 1 N–H and O–H groups in total. The van der Waals surface area contributed by atoms with E-state index >= 15 is 0 Å². The van der Waals surface area contributed by atoms with Gasteiger partial charge in [0.1, 0.15) is 17.6 Å². The van der Waals surface area contributed by atoms with Crippen molar-refractivity contribution in [3.8, 4) is 0 Å². The fraction of sp³-hybridized carbons (Fsp3) is 0.562. The minimum absolute atomic E-state index is 0.0156. The predicted octanol–water partition coefficient (Wildman–Crippen LogP) is 2.18. The van der Waals surface area contributed by atoms with E-state index < -0.39 is 0 Å². The molecular weight excluding hydrogens is 264 g/mol. The molecule has 21 heavy (non-hydrogen) atoms. The number of likely N-dealkylation sites (N-methyl/N-ethyl adjacent to an activating group) is 1.